The van der Waals surface area contributed by atoms with Gasteiger partial charge in [-0.2, -0.15) is 29.1 Å². The topological polar surface area (TPSA) is 59.4 Å². The Hall–Kier alpha value is -2.63. The lowest BCUT2D eigenvalue weighted by molar-refractivity contribution is -0.137. The number of alkyl halides is 3. The van der Waals surface area contributed by atoms with Gasteiger partial charge in [0.15, 0.2) is 0 Å². The maximum absolute atomic E-state index is 14.1. The van der Waals surface area contributed by atoms with E-state index in [1.807, 2.05) is 4.90 Å². The predicted octanol–water partition coefficient (Wildman–Crippen LogP) is 3.41. The lowest BCUT2D eigenvalue weighted by Gasteiger charge is -2.30. The molecule has 1 unspecified atom stereocenters. The largest absolute Gasteiger partial charge is 0.416 e. The third-order valence-corrected chi connectivity index (χ3v) is 8.93. The Bertz CT molecular complexity index is 1270. The van der Waals surface area contributed by atoms with Gasteiger partial charge in [-0.15, -0.1) is 0 Å². The number of anilines is 1. The van der Waals surface area contributed by atoms with Crippen molar-refractivity contribution >= 4 is 27.6 Å². The van der Waals surface area contributed by atoms with Crippen LogP contribution in [0.5, 0.6) is 0 Å². The van der Waals surface area contributed by atoms with Crippen molar-refractivity contribution < 1.29 is 22.3 Å². The molecule has 0 spiro atoms. The van der Waals surface area contributed by atoms with Crippen molar-refractivity contribution in [3.63, 3.8) is 0 Å². The zero-order chi connectivity index (χ0) is 24.0. The van der Waals surface area contributed by atoms with Gasteiger partial charge in [-0.1, -0.05) is 0 Å². The van der Waals surface area contributed by atoms with Gasteiger partial charge in [0.1, 0.15) is 11.6 Å². The number of hydrogen-bond acceptors (Lipinski definition) is 5. The van der Waals surface area contributed by atoms with Crippen molar-refractivity contribution in [1.82, 2.24) is 14.9 Å². The fraction of sp³-hybridized carbons (Fsp3) is 0.391. The molecule has 2 aliphatic rings. The molecule has 0 radical (unpaired) electrons. The lowest BCUT2D eigenvalue weighted by Crippen LogP contribution is -2.45. The molecule has 34 heavy (non-hydrogen) atoms. The van der Waals surface area contributed by atoms with Gasteiger partial charge in [-0.05, 0) is 41.3 Å². The zero-order valence-corrected chi connectivity index (χ0v) is 19.3. The molecule has 3 heterocycles. The Balaban J connectivity index is 1.85. The molecule has 2 aliphatic heterocycles. The standard InChI is InChI=1S/C23H24F4N4O2S/c1-33-16-12-31-20-18(21(29-22(31)32)30-8-6-28-7-9-30)10-14(23(25,26)27)11-19(20)34(13-16)17-4-2-15(24)3-5-17/h2-5,10-11,16,28,34H,6-9,12-13H2,1H3/t16-/m0/s1. The number of halogens is 4. The van der Waals surface area contributed by atoms with Gasteiger partial charge >= 0.3 is 11.9 Å². The minimum atomic E-state index is -4.58. The number of hydrogen-bond donors (Lipinski definition) is 2. The van der Waals surface area contributed by atoms with Crippen molar-refractivity contribution in [3.05, 3.63) is 58.3 Å². The number of piperazine rings is 1. The maximum Gasteiger partial charge on any atom is 0.416 e. The van der Waals surface area contributed by atoms with Crippen molar-refractivity contribution in [2.24, 2.45) is 0 Å². The van der Waals surface area contributed by atoms with Crippen molar-refractivity contribution in [1.29, 1.82) is 0 Å². The van der Waals surface area contributed by atoms with E-state index in [9.17, 15) is 22.4 Å². The predicted molar refractivity (Wildman–Crippen MR) is 124 cm³/mol. The number of rotatable bonds is 3. The number of nitrogens with one attached hydrogen (secondary N) is 1. The Labute approximate surface area is 195 Å². The minimum absolute atomic E-state index is 0.180. The molecule has 6 nitrogen and oxygen atoms in total. The SMILES string of the molecule is CO[C@H]1Cn2c(=O)nc(N3CCNCC3)c3cc(C(F)(F)F)cc(c32)[SH](c2ccc(F)cc2)C1. The molecular weight excluding hydrogens is 472 g/mol. The molecule has 0 saturated carbocycles. The molecule has 1 aromatic heterocycles. The summed E-state index contributed by atoms with van der Waals surface area (Å²) >= 11 is 0. The van der Waals surface area contributed by atoms with E-state index in [4.69, 9.17) is 4.74 Å². The highest BCUT2D eigenvalue weighted by molar-refractivity contribution is 8.17. The van der Waals surface area contributed by atoms with Gasteiger partial charge in [0.25, 0.3) is 0 Å². The number of thiol groups is 1. The van der Waals surface area contributed by atoms with Gasteiger partial charge in [0, 0.05) is 49.3 Å². The van der Waals surface area contributed by atoms with Crippen molar-refractivity contribution in [3.8, 4) is 0 Å². The summed E-state index contributed by atoms with van der Waals surface area (Å²) < 4.78 is 62.9. The van der Waals surface area contributed by atoms with E-state index in [0.717, 1.165) is 17.0 Å². The third kappa shape index (κ3) is 4.16. The van der Waals surface area contributed by atoms with Crippen LogP contribution in [0.15, 0.2) is 51.0 Å². The Morgan fingerprint density at radius 1 is 1.15 bits per heavy atom. The first-order chi connectivity index (χ1) is 16.3. The van der Waals surface area contributed by atoms with E-state index >= 15 is 0 Å². The molecule has 0 amide bonds. The summed E-state index contributed by atoms with van der Waals surface area (Å²) in [5.74, 6) is 0.251. The van der Waals surface area contributed by atoms with Crippen molar-refractivity contribution in [2.45, 2.75) is 28.6 Å². The second kappa shape index (κ2) is 8.86. The van der Waals surface area contributed by atoms with Gasteiger partial charge in [-0.3, -0.25) is 4.57 Å². The van der Waals surface area contributed by atoms with Crippen LogP contribution in [0.25, 0.3) is 10.9 Å². The third-order valence-electron chi connectivity index (χ3n) is 6.31. The Morgan fingerprint density at radius 2 is 1.85 bits per heavy atom. The highest BCUT2D eigenvalue weighted by Gasteiger charge is 2.35. The number of ether oxygens (including phenoxy) is 1. The lowest BCUT2D eigenvalue weighted by atomic mass is 10.1. The van der Waals surface area contributed by atoms with Crippen LogP contribution < -0.4 is 15.9 Å². The molecule has 182 valence electrons. The smallest absolute Gasteiger partial charge is 0.379 e. The quantitative estimate of drug-likeness (QED) is 0.430. The minimum Gasteiger partial charge on any atom is -0.379 e. The number of nitrogens with zero attached hydrogens (tertiary/aromatic N) is 3. The molecule has 3 aromatic rings. The van der Waals surface area contributed by atoms with Crippen LogP contribution in [0, 0.1) is 5.82 Å². The van der Waals surface area contributed by atoms with Crippen LogP contribution in [-0.2, 0) is 17.5 Å². The maximum atomic E-state index is 14.1. The van der Waals surface area contributed by atoms with E-state index in [1.165, 1.54) is 23.8 Å². The molecule has 0 aliphatic carbocycles. The first-order valence-corrected chi connectivity index (χ1v) is 12.5. The molecule has 0 bridgehead atoms. The number of methoxy groups -OCH3 is 1. The first-order valence-electron chi connectivity index (χ1n) is 10.9. The van der Waals surface area contributed by atoms with Gasteiger partial charge in [0.05, 0.1) is 23.7 Å². The summed E-state index contributed by atoms with van der Waals surface area (Å²) in [6.07, 6.45) is -4.99. The number of benzene rings is 2. The molecular formula is C23H24F4N4O2S. The van der Waals surface area contributed by atoms with E-state index in [-0.39, 0.29) is 12.4 Å². The van der Waals surface area contributed by atoms with Gasteiger partial charge in [0.2, 0.25) is 0 Å². The molecule has 1 saturated heterocycles. The van der Waals surface area contributed by atoms with E-state index < -0.39 is 40.2 Å². The second-order valence-corrected chi connectivity index (χ2v) is 10.6. The molecule has 5 rings (SSSR count). The van der Waals surface area contributed by atoms with E-state index in [2.05, 4.69) is 10.3 Å². The summed E-state index contributed by atoms with van der Waals surface area (Å²) in [4.78, 5) is 20.5. The molecule has 2 aromatic carbocycles. The molecule has 1 N–H and O–H groups in total. The summed E-state index contributed by atoms with van der Waals surface area (Å²) in [5.41, 5.74) is -0.847. The Kier molecular flexibility index (Phi) is 6.03. The normalized spacial score (nSPS) is 22.1. The summed E-state index contributed by atoms with van der Waals surface area (Å²) in [5, 5.41) is 3.51. The summed E-state index contributed by atoms with van der Waals surface area (Å²) in [6, 6.07) is 8.07. The van der Waals surface area contributed by atoms with E-state index in [0.29, 0.717) is 47.7 Å². The van der Waals surface area contributed by atoms with Crippen LogP contribution in [-0.4, -0.2) is 54.7 Å². The van der Waals surface area contributed by atoms with Crippen LogP contribution in [0.1, 0.15) is 5.56 Å². The van der Waals surface area contributed by atoms with Crippen LogP contribution in [0.2, 0.25) is 0 Å². The van der Waals surface area contributed by atoms with Crippen molar-refractivity contribution in [2.75, 3.05) is 43.9 Å². The van der Waals surface area contributed by atoms with Gasteiger partial charge < -0.3 is 15.0 Å². The average Bonchev–Trinajstić information content (AvgIpc) is 2.99. The summed E-state index contributed by atoms with van der Waals surface area (Å²) in [6.45, 7) is 2.53. The van der Waals surface area contributed by atoms with Gasteiger partial charge in [-0.25, -0.2) is 9.18 Å². The molecule has 11 heteroatoms. The fourth-order valence-corrected chi connectivity index (χ4v) is 7.27. The van der Waals surface area contributed by atoms with Crippen LogP contribution >= 0.6 is 10.9 Å². The monoisotopic (exact) mass is 496 g/mol. The highest BCUT2D eigenvalue weighted by Crippen LogP contribution is 2.51. The number of aromatic nitrogens is 2. The summed E-state index contributed by atoms with van der Waals surface area (Å²) in [7, 11) is 0.147. The second-order valence-electron chi connectivity index (χ2n) is 8.40. The van der Waals surface area contributed by atoms with Crippen LogP contribution in [0.3, 0.4) is 0 Å². The van der Waals surface area contributed by atoms with E-state index in [1.54, 1.807) is 12.1 Å². The zero-order valence-electron chi connectivity index (χ0n) is 18.4. The fourth-order valence-electron chi connectivity index (χ4n) is 4.61. The highest BCUT2D eigenvalue weighted by atomic mass is 32.2. The Morgan fingerprint density at radius 3 is 2.50 bits per heavy atom. The molecule has 2 atom stereocenters. The molecule has 1 fully saturated rings. The van der Waals surface area contributed by atoms with Crippen LogP contribution in [0.4, 0.5) is 23.4 Å². The first kappa shape index (κ1) is 23.1. The average molecular weight is 497 g/mol.